The van der Waals surface area contributed by atoms with Gasteiger partial charge in [0.25, 0.3) is 0 Å². The third-order valence-corrected chi connectivity index (χ3v) is 2.94. The van der Waals surface area contributed by atoms with Crippen molar-refractivity contribution in [1.29, 1.82) is 0 Å². The van der Waals surface area contributed by atoms with Crippen LogP contribution in [0.5, 0.6) is 0 Å². The van der Waals surface area contributed by atoms with Crippen molar-refractivity contribution in [3.8, 4) is 0 Å². The minimum Gasteiger partial charge on any atom is -0.478 e. The summed E-state index contributed by atoms with van der Waals surface area (Å²) in [5, 5.41) is 12.2. The van der Waals surface area contributed by atoms with E-state index < -0.39 is 11.8 Å². The van der Waals surface area contributed by atoms with Crippen LogP contribution in [0.15, 0.2) is 36.4 Å². The van der Waals surface area contributed by atoms with Gasteiger partial charge in [-0.2, -0.15) is 0 Å². The van der Waals surface area contributed by atoms with Gasteiger partial charge in [0, 0.05) is 10.7 Å². The van der Waals surface area contributed by atoms with Crippen molar-refractivity contribution in [3.05, 3.63) is 57.8 Å². The zero-order chi connectivity index (χ0) is 14.0. The SMILES string of the molecule is O=C(O)c1cc(Cl)ccc1Nc1ccc(F)c(Cl)c1. The van der Waals surface area contributed by atoms with E-state index in [1.54, 1.807) is 6.07 Å². The van der Waals surface area contributed by atoms with Crippen LogP contribution in [-0.2, 0) is 0 Å². The van der Waals surface area contributed by atoms with Gasteiger partial charge in [0.1, 0.15) is 5.82 Å². The van der Waals surface area contributed by atoms with Gasteiger partial charge in [-0.25, -0.2) is 9.18 Å². The minimum atomic E-state index is -1.11. The third-order valence-electron chi connectivity index (χ3n) is 2.41. The van der Waals surface area contributed by atoms with E-state index in [-0.39, 0.29) is 10.6 Å². The van der Waals surface area contributed by atoms with E-state index in [1.165, 1.54) is 30.3 Å². The Kier molecular flexibility index (Phi) is 3.93. The smallest absolute Gasteiger partial charge is 0.337 e. The van der Waals surface area contributed by atoms with Crippen LogP contribution in [-0.4, -0.2) is 11.1 Å². The summed E-state index contributed by atoms with van der Waals surface area (Å²) in [6, 6.07) is 8.45. The number of carbonyl (C=O) groups is 1. The zero-order valence-corrected chi connectivity index (χ0v) is 11.0. The summed E-state index contributed by atoms with van der Waals surface area (Å²) in [4.78, 5) is 11.1. The first-order chi connectivity index (χ1) is 8.97. The second-order valence-corrected chi connectivity index (χ2v) is 4.59. The highest BCUT2D eigenvalue weighted by Crippen LogP contribution is 2.26. The first-order valence-corrected chi connectivity index (χ1v) is 5.98. The molecule has 2 N–H and O–H groups in total. The normalized spacial score (nSPS) is 10.3. The first-order valence-electron chi connectivity index (χ1n) is 5.22. The molecule has 19 heavy (non-hydrogen) atoms. The maximum absolute atomic E-state index is 13.0. The predicted octanol–water partition coefficient (Wildman–Crippen LogP) is 4.57. The van der Waals surface area contributed by atoms with Crippen LogP contribution in [0.4, 0.5) is 15.8 Å². The number of hydrogen-bond acceptors (Lipinski definition) is 2. The highest BCUT2D eigenvalue weighted by atomic mass is 35.5. The van der Waals surface area contributed by atoms with Crippen molar-refractivity contribution in [1.82, 2.24) is 0 Å². The fourth-order valence-electron chi connectivity index (χ4n) is 1.53. The molecule has 0 bridgehead atoms. The van der Waals surface area contributed by atoms with Gasteiger partial charge in [0.2, 0.25) is 0 Å². The van der Waals surface area contributed by atoms with Gasteiger partial charge < -0.3 is 10.4 Å². The lowest BCUT2D eigenvalue weighted by Gasteiger charge is -2.10. The molecule has 0 atom stereocenters. The fraction of sp³-hybridized carbons (Fsp3) is 0. The Hall–Kier alpha value is -1.78. The van der Waals surface area contributed by atoms with E-state index in [1.807, 2.05) is 0 Å². The number of nitrogens with one attached hydrogen (secondary N) is 1. The Morgan fingerprint density at radius 2 is 1.89 bits per heavy atom. The Morgan fingerprint density at radius 1 is 1.16 bits per heavy atom. The van der Waals surface area contributed by atoms with E-state index in [2.05, 4.69) is 5.32 Å². The van der Waals surface area contributed by atoms with Gasteiger partial charge in [0.15, 0.2) is 0 Å². The molecule has 6 heteroatoms. The Balaban J connectivity index is 2.37. The second kappa shape index (κ2) is 5.47. The molecule has 0 saturated heterocycles. The molecule has 0 radical (unpaired) electrons. The van der Waals surface area contributed by atoms with Gasteiger partial charge in [-0.05, 0) is 36.4 Å². The number of hydrogen-bond donors (Lipinski definition) is 2. The fourth-order valence-corrected chi connectivity index (χ4v) is 1.88. The van der Waals surface area contributed by atoms with Gasteiger partial charge >= 0.3 is 5.97 Å². The summed E-state index contributed by atoms with van der Waals surface area (Å²) >= 11 is 11.4. The van der Waals surface area contributed by atoms with Crippen LogP contribution in [0.25, 0.3) is 0 Å². The van der Waals surface area contributed by atoms with Crippen molar-refractivity contribution in [2.24, 2.45) is 0 Å². The zero-order valence-electron chi connectivity index (χ0n) is 9.45. The van der Waals surface area contributed by atoms with Crippen molar-refractivity contribution in [2.45, 2.75) is 0 Å². The van der Waals surface area contributed by atoms with Crippen LogP contribution >= 0.6 is 23.2 Å². The van der Waals surface area contributed by atoms with Crippen LogP contribution in [0.3, 0.4) is 0 Å². The highest BCUT2D eigenvalue weighted by molar-refractivity contribution is 6.31. The quantitative estimate of drug-likeness (QED) is 0.872. The Labute approximate surface area is 118 Å². The summed E-state index contributed by atoms with van der Waals surface area (Å²) < 4.78 is 13.0. The molecule has 0 heterocycles. The lowest BCUT2D eigenvalue weighted by atomic mass is 10.1. The molecule has 0 spiro atoms. The standard InChI is InChI=1S/C13H8Cl2FNO2/c14-7-1-4-12(9(5-7)13(18)19)17-8-2-3-11(16)10(15)6-8/h1-6,17H,(H,18,19). The lowest BCUT2D eigenvalue weighted by Crippen LogP contribution is -2.02. The van der Waals surface area contributed by atoms with Gasteiger partial charge in [0.05, 0.1) is 16.3 Å². The van der Waals surface area contributed by atoms with E-state index >= 15 is 0 Å². The third kappa shape index (κ3) is 3.16. The number of carboxylic acids is 1. The molecular weight excluding hydrogens is 292 g/mol. The molecule has 2 aromatic rings. The highest BCUT2D eigenvalue weighted by Gasteiger charge is 2.11. The molecule has 0 aliphatic heterocycles. The van der Waals surface area contributed by atoms with Crippen molar-refractivity contribution >= 4 is 40.5 Å². The van der Waals surface area contributed by atoms with E-state index in [0.29, 0.717) is 16.4 Å². The molecule has 0 aliphatic carbocycles. The second-order valence-electron chi connectivity index (χ2n) is 3.75. The lowest BCUT2D eigenvalue weighted by molar-refractivity contribution is 0.0698. The molecule has 0 fully saturated rings. The van der Waals surface area contributed by atoms with E-state index in [9.17, 15) is 9.18 Å². The number of benzene rings is 2. The number of halogens is 3. The molecule has 98 valence electrons. The number of aromatic carboxylic acids is 1. The summed E-state index contributed by atoms with van der Waals surface area (Å²) in [5.74, 6) is -1.65. The molecule has 3 nitrogen and oxygen atoms in total. The van der Waals surface area contributed by atoms with Crippen molar-refractivity contribution in [3.63, 3.8) is 0 Å². The van der Waals surface area contributed by atoms with E-state index in [0.717, 1.165) is 0 Å². The Morgan fingerprint density at radius 3 is 2.53 bits per heavy atom. The van der Waals surface area contributed by atoms with Gasteiger partial charge in [-0.3, -0.25) is 0 Å². The molecule has 0 amide bonds. The first kappa shape index (κ1) is 13.6. The van der Waals surface area contributed by atoms with Crippen LogP contribution in [0, 0.1) is 5.82 Å². The topological polar surface area (TPSA) is 49.3 Å². The summed E-state index contributed by atoms with van der Waals surface area (Å²) in [6.45, 7) is 0. The molecule has 0 saturated carbocycles. The molecule has 2 rings (SSSR count). The van der Waals surface area contributed by atoms with Gasteiger partial charge in [-0.15, -0.1) is 0 Å². The van der Waals surface area contributed by atoms with Crippen LogP contribution < -0.4 is 5.32 Å². The maximum atomic E-state index is 13.0. The molecular formula is C13H8Cl2FNO2. The molecule has 0 aromatic heterocycles. The number of anilines is 2. The molecule has 0 unspecified atom stereocenters. The van der Waals surface area contributed by atoms with Gasteiger partial charge in [-0.1, -0.05) is 23.2 Å². The monoisotopic (exact) mass is 299 g/mol. The number of carboxylic acid groups (broad SMARTS) is 1. The Bertz CT molecular complexity index is 647. The largest absolute Gasteiger partial charge is 0.478 e. The van der Waals surface area contributed by atoms with Crippen molar-refractivity contribution in [2.75, 3.05) is 5.32 Å². The summed E-state index contributed by atoms with van der Waals surface area (Å²) in [6.07, 6.45) is 0. The van der Waals surface area contributed by atoms with Crippen LogP contribution in [0.1, 0.15) is 10.4 Å². The number of rotatable bonds is 3. The predicted molar refractivity (Wildman–Crippen MR) is 73.1 cm³/mol. The van der Waals surface area contributed by atoms with Crippen molar-refractivity contribution < 1.29 is 14.3 Å². The van der Waals surface area contributed by atoms with Crippen LogP contribution in [0.2, 0.25) is 10.0 Å². The minimum absolute atomic E-state index is 0.0212. The average molecular weight is 300 g/mol. The molecule has 0 aliphatic rings. The maximum Gasteiger partial charge on any atom is 0.337 e. The summed E-state index contributed by atoms with van der Waals surface area (Å²) in [7, 11) is 0. The molecule has 2 aromatic carbocycles. The van der Waals surface area contributed by atoms with E-state index in [4.69, 9.17) is 28.3 Å². The summed E-state index contributed by atoms with van der Waals surface area (Å²) in [5.41, 5.74) is 0.851. The average Bonchev–Trinajstić information content (AvgIpc) is 2.36.